The quantitative estimate of drug-likeness (QED) is 0.404. The molecule has 0 saturated heterocycles. The van der Waals surface area contributed by atoms with Crippen molar-refractivity contribution in [3.63, 3.8) is 0 Å². The number of nitrogens with zero attached hydrogens (tertiary/aromatic N) is 1. The maximum atomic E-state index is 8.26. The van der Waals surface area contributed by atoms with Crippen molar-refractivity contribution in [1.82, 2.24) is 0 Å². The molecule has 0 atom stereocenters. The average molecular weight is 179 g/mol. The number of rotatable bonds is 8. The van der Waals surface area contributed by atoms with Crippen LogP contribution in [0.1, 0.15) is 58.3 Å². The van der Waals surface area contributed by atoms with Gasteiger partial charge in [0.15, 0.2) is 0 Å². The van der Waals surface area contributed by atoms with Crippen LogP contribution in [0.15, 0.2) is 12.2 Å². The molecule has 1 heteroatoms. The summed E-state index contributed by atoms with van der Waals surface area (Å²) in [6.07, 6.45) is 13.9. The Bertz CT molecular complexity index is 153. The normalized spacial score (nSPS) is 10.5. The summed E-state index contributed by atoms with van der Waals surface area (Å²) in [5, 5.41) is 8.26. The summed E-state index contributed by atoms with van der Waals surface area (Å²) in [7, 11) is 0. The number of unbranched alkanes of at least 4 members (excludes halogenated alkanes) is 6. The molecule has 0 rings (SSSR count). The van der Waals surface area contributed by atoms with Gasteiger partial charge in [-0.15, -0.1) is 0 Å². The Morgan fingerprint density at radius 2 is 1.69 bits per heavy atom. The third-order valence-electron chi connectivity index (χ3n) is 2.10. The second-order valence-electron chi connectivity index (χ2n) is 3.39. The highest BCUT2D eigenvalue weighted by Crippen LogP contribution is 2.07. The summed E-state index contributed by atoms with van der Waals surface area (Å²) in [6.45, 7) is 2.24. The molecule has 0 saturated carbocycles. The second-order valence-corrected chi connectivity index (χ2v) is 3.39. The van der Waals surface area contributed by atoms with Crippen LogP contribution in [0.2, 0.25) is 0 Å². The van der Waals surface area contributed by atoms with Crippen molar-refractivity contribution in [2.75, 3.05) is 0 Å². The van der Waals surface area contributed by atoms with E-state index in [1.807, 2.05) is 6.08 Å². The van der Waals surface area contributed by atoms with Gasteiger partial charge in [0.1, 0.15) is 0 Å². The Morgan fingerprint density at radius 1 is 1.00 bits per heavy atom. The van der Waals surface area contributed by atoms with Gasteiger partial charge in [-0.2, -0.15) is 5.26 Å². The van der Waals surface area contributed by atoms with Crippen LogP contribution in [-0.4, -0.2) is 0 Å². The largest absolute Gasteiger partial charge is 0.198 e. The third-order valence-corrected chi connectivity index (χ3v) is 2.10. The average Bonchev–Trinajstić information content (AvgIpc) is 2.16. The molecule has 0 radical (unpaired) electrons. The van der Waals surface area contributed by atoms with Crippen molar-refractivity contribution in [1.29, 1.82) is 5.26 Å². The van der Waals surface area contributed by atoms with Gasteiger partial charge in [-0.3, -0.25) is 0 Å². The van der Waals surface area contributed by atoms with E-state index in [0.29, 0.717) is 6.42 Å². The van der Waals surface area contributed by atoms with E-state index >= 15 is 0 Å². The van der Waals surface area contributed by atoms with Gasteiger partial charge >= 0.3 is 0 Å². The molecular weight excluding hydrogens is 158 g/mol. The smallest absolute Gasteiger partial charge is 0.0663 e. The van der Waals surface area contributed by atoms with E-state index in [2.05, 4.69) is 19.1 Å². The molecule has 0 fully saturated rings. The SMILES string of the molecule is CCCCCCCCC=CCC#N. The van der Waals surface area contributed by atoms with E-state index in [9.17, 15) is 0 Å². The lowest BCUT2D eigenvalue weighted by atomic mass is 10.1. The lowest BCUT2D eigenvalue weighted by Crippen LogP contribution is -1.77. The van der Waals surface area contributed by atoms with Crippen molar-refractivity contribution >= 4 is 0 Å². The van der Waals surface area contributed by atoms with Crippen molar-refractivity contribution in [2.24, 2.45) is 0 Å². The number of hydrogen-bond acceptors (Lipinski definition) is 1. The van der Waals surface area contributed by atoms with Gasteiger partial charge in [-0.25, -0.2) is 0 Å². The highest BCUT2D eigenvalue weighted by molar-refractivity contribution is 4.90. The standard InChI is InChI=1S/C12H21N/c1-2-3-4-5-6-7-8-9-10-11-12-13/h9-10H,2-8,11H2,1H3. The van der Waals surface area contributed by atoms with Crippen molar-refractivity contribution in [3.8, 4) is 6.07 Å². The molecule has 13 heavy (non-hydrogen) atoms. The Balaban J connectivity index is 2.96. The number of allylic oxidation sites excluding steroid dienone is 2. The summed E-state index contributed by atoms with van der Waals surface area (Å²) in [4.78, 5) is 0. The molecule has 0 aliphatic heterocycles. The molecular formula is C12H21N. The highest BCUT2D eigenvalue weighted by Gasteiger charge is 1.87. The Morgan fingerprint density at radius 3 is 2.38 bits per heavy atom. The van der Waals surface area contributed by atoms with E-state index in [1.165, 1.54) is 38.5 Å². The first kappa shape index (κ1) is 12.2. The van der Waals surface area contributed by atoms with Crippen LogP contribution in [0, 0.1) is 11.3 Å². The molecule has 0 bridgehead atoms. The zero-order valence-corrected chi connectivity index (χ0v) is 8.76. The summed E-state index contributed by atoms with van der Waals surface area (Å²) < 4.78 is 0. The molecule has 0 aromatic heterocycles. The predicted octanol–water partition coefficient (Wildman–Crippen LogP) is 4.21. The Labute approximate surface area is 82.5 Å². The van der Waals surface area contributed by atoms with Crippen molar-refractivity contribution in [2.45, 2.75) is 58.3 Å². The van der Waals surface area contributed by atoms with Gasteiger partial charge in [-0.1, -0.05) is 51.2 Å². The van der Waals surface area contributed by atoms with Gasteiger partial charge in [-0.05, 0) is 12.8 Å². The highest BCUT2D eigenvalue weighted by atomic mass is 14.2. The van der Waals surface area contributed by atoms with E-state index in [-0.39, 0.29) is 0 Å². The summed E-state index contributed by atoms with van der Waals surface area (Å²) in [6, 6.07) is 2.10. The van der Waals surface area contributed by atoms with E-state index in [1.54, 1.807) is 0 Å². The lowest BCUT2D eigenvalue weighted by Gasteiger charge is -1.97. The molecule has 74 valence electrons. The van der Waals surface area contributed by atoms with Crippen LogP contribution in [0.4, 0.5) is 0 Å². The summed E-state index contributed by atoms with van der Waals surface area (Å²) in [5.74, 6) is 0. The van der Waals surface area contributed by atoms with E-state index < -0.39 is 0 Å². The van der Waals surface area contributed by atoms with Gasteiger partial charge in [0.2, 0.25) is 0 Å². The molecule has 0 aromatic rings. The first-order chi connectivity index (χ1) is 6.41. The summed E-state index contributed by atoms with van der Waals surface area (Å²) >= 11 is 0. The topological polar surface area (TPSA) is 23.8 Å². The molecule has 0 heterocycles. The van der Waals surface area contributed by atoms with Crippen LogP contribution < -0.4 is 0 Å². The summed E-state index contributed by atoms with van der Waals surface area (Å²) in [5.41, 5.74) is 0. The second kappa shape index (κ2) is 11.2. The number of nitriles is 1. The van der Waals surface area contributed by atoms with Crippen molar-refractivity contribution < 1.29 is 0 Å². The molecule has 0 aromatic carbocycles. The van der Waals surface area contributed by atoms with E-state index in [4.69, 9.17) is 5.26 Å². The third kappa shape index (κ3) is 11.2. The fourth-order valence-electron chi connectivity index (χ4n) is 1.30. The molecule has 0 aliphatic carbocycles. The minimum absolute atomic E-state index is 0.565. The number of hydrogen-bond donors (Lipinski definition) is 0. The predicted molar refractivity (Wildman–Crippen MR) is 57.4 cm³/mol. The molecule has 1 nitrogen and oxygen atoms in total. The molecule has 0 N–H and O–H groups in total. The molecule has 0 aliphatic rings. The minimum Gasteiger partial charge on any atom is -0.198 e. The van der Waals surface area contributed by atoms with Crippen LogP contribution in [0.5, 0.6) is 0 Å². The molecule has 0 amide bonds. The first-order valence-corrected chi connectivity index (χ1v) is 5.43. The first-order valence-electron chi connectivity index (χ1n) is 5.43. The van der Waals surface area contributed by atoms with Gasteiger partial charge in [0.05, 0.1) is 12.5 Å². The van der Waals surface area contributed by atoms with Crippen LogP contribution >= 0.6 is 0 Å². The maximum Gasteiger partial charge on any atom is 0.0663 e. The fourth-order valence-corrected chi connectivity index (χ4v) is 1.30. The van der Waals surface area contributed by atoms with Gasteiger partial charge < -0.3 is 0 Å². The fraction of sp³-hybridized carbons (Fsp3) is 0.750. The van der Waals surface area contributed by atoms with Crippen LogP contribution in [-0.2, 0) is 0 Å². The minimum atomic E-state index is 0.565. The Kier molecular flexibility index (Phi) is 10.6. The van der Waals surface area contributed by atoms with E-state index in [0.717, 1.165) is 6.42 Å². The maximum absolute atomic E-state index is 8.26. The zero-order chi connectivity index (χ0) is 9.78. The Hall–Kier alpha value is -0.770. The lowest BCUT2D eigenvalue weighted by molar-refractivity contribution is 0.611. The van der Waals surface area contributed by atoms with Crippen LogP contribution in [0.25, 0.3) is 0 Å². The van der Waals surface area contributed by atoms with Crippen LogP contribution in [0.3, 0.4) is 0 Å². The van der Waals surface area contributed by atoms with Crippen molar-refractivity contribution in [3.05, 3.63) is 12.2 Å². The van der Waals surface area contributed by atoms with Gasteiger partial charge in [0, 0.05) is 0 Å². The molecule has 0 spiro atoms. The zero-order valence-electron chi connectivity index (χ0n) is 8.76. The van der Waals surface area contributed by atoms with Gasteiger partial charge in [0.25, 0.3) is 0 Å². The monoisotopic (exact) mass is 179 g/mol. The molecule has 0 unspecified atom stereocenters.